The van der Waals surface area contributed by atoms with E-state index in [0.717, 1.165) is 6.42 Å². The Labute approximate surface area is 176 Å². The molecule has 1 amide bonds. The number of carbonyl (C=O) groups is 2. The number of nitrogens with zero attached hydrogens (tertiary/aromatic N) is 1. The summed E-state index contributed by atoms with van der Waals surface area (Å²) in [7, 11) is 3.10. The van der Waals surface area contributed by atoms with Crippen molar-refractivity contribution in [2.24, 2.45) is 0 Å². The zero-order valence-electron chi connectivity index (χ0n) is 17.5. The van der Waals surface area contributed by atoms with E-state index < -0.39 is 5.60 Å². The molecule has 0 radical (unpaired) electrons. The summed E-state index contributed by atoms with van der Waals surface area (Å²) in [6.07, 6.45) is 2.80. The van der Waals surface area contributed by atoms with E-state index in [4.69, 9.17) is 14.2 Å². The molecular weight excluding hydrogens is 382 g/mol. The van der Waals surface area contributed by atoms with Crippen LogP contribution in [-0.4, -0.2) is 49.5 Å². The Morgan fingerprint density at radius 1 is 1.10 bits per heavy atom. The number of piperidine rings is 1. The lowest BCUT2D eigenvalue weighted by molar-refractivity contribution is -0.134. The number of carbonyl (C=O) groups excluding carboxylic acids is 2. The average molecular weight is 409 g/mol. The lowest BCUT2D eigenvalue weighted by Crippen LogP contribution is -2.52. The van der Waals surface area contributed by atoms with Gasteiger partial charge in [-0.2, -0.15) is 0 Å². The molecule has 158 valence electrons. The van der Waals surface area contributed by atoms with Gasteiger partial charge in [0.15, 0.2) is 5.78 Å². The summed E-state index contributed by atoms with van der Waals surface area (Å²) in [5.41, 5.74) is 1.07. The molecule has 0 atom stereocenters. The minimum absolute atomic E-state index is 0.0135. The van der Waals surface area contributed by atoms with Crippen LogP contribution in [0.25, 0.3) is 0 Å². The minimum Gasteiger partial charge on any atom is -0.496 e. The van der Waals surface area contributed by atoms with E-state index in [1.54, 1.807) is 19.2 Å². The molecular formula is C24H27NO5. The lowest BCUT2D eigenvalue weighted by atomic mass is 9.82. The van der Waals surface area contributed by atoms with Crippen LogP contribution >= 0.6 is 0 Å². The Morgan fingerprint density at radius 2 is 1.83 bits per heavy atom. The molecule has 2 aliphatic rings. The summed E-state index contributed by atoms with van der Waals surface area (Å²) in [6.45, 7) is 1.19. The Kier molecular flexibility index (Phi) is 5.66. The summed E-state index contributed by atoms with van der Waals surface area (Å²) in [4.78, 5) is 27.5. The smallest absolute Gasteiger partial charge is 0.222 e. The Bertz CT molecular complexity index is 932. The van der Waals surface area contributed by atoms with Gasteiger partial charge in [-0.1, -0.05) is 30.3 Å². The van der Waals surface area contributed by atoms with Crippen molar-refractivity contribution in [1.29, 1.82) is 0 Å². The number of rotatable bonds is 5. The number of fused-ring (bicyclic) bond motifs is 1. The van der Waals surface area contributed by atoms with Gasteiger partial charge in [0, 0.05) is 44.5 Å². The second-order valence-electron chi connectivity index (χ2n) is 7.95. The number of aryl methyl sites for hydroxylation is 1. The summed E-state index contributed by atoms with van der Waals surface area (Å²) in [5, 5.41) is 0. The van der Waals surface area contributed by atoms with Crippen LogP contribution in [-0.2, 0) is 11.2 Å². The third kappa shape index (κ3) is 3.99. The second kappa shape index (κ2) is 8.38. The summed E-state index contributed by atoms with van der Waals surface area (Å²) < 4.78 is 17.1. The molecule has 0 aromatic heterocycles. The summed E-state index contributed by atoms with van der Waals surface area (Å²) >= 11 is 0. The van der Waals surface area contributed by atoms with E-state index in [9.17, 15) is 9.59 Å². The Hall–Kier alpha value is -3.02. The normalized spacial score (nSPS) is 17.3. The first-order valence-electron chi connectivity index (χ1n) is 10.3. The van der Waals surface area contributed by atoms with Gasteiger partial charge in [0.25, 0.3) is 0 Å². The molecule has 2 aliphatic heterocycles. The third-order valence-electron chi connectivity index (χ3n) is 6.08. The molecule has 2 aromatic carbocycles. The highest BCUT2D eigenvalue weighted by molar-refractivity contribution is 6.03. The van der Waals surface area contributed by atoms with Gasteiger partial charge in [-0.3, -0.25) is 9.59 Å². The molecule has 6 nitrogen and oxygen atoms in total. The highest BCUT2D eigenvalue weighted by Gasteiger charge is 2.44. The molecule has 0 unspecified atom stereocenters. The Morgan fingerprint density at radius 3 is 2.50 bits per heavy atom. The number of ketones is 1. The first-order valence-corrected chi connectivity index (χ1v) is 10.3. The number of methoxy groups -OCH3 is 2. The summed E-state index contributed by atoms with van der Waals surface area (Å²) in [5.74, 6) is 1.73. The number of amides is 1. The van der Waals surface area contributed by atoms with Crippen molar-refractivity contribution in [3.63, 3.8) is 0 Å². The second-order valence-corrected chi connectivity index (χ2v) is 7.95. The zero-order valence-corrected chi connectivity index (χ0v) is 17.5. The standard InChI is InChI=1S/C24H27NO5/c1-28-18-14-20(29-2)23-19(26)16-24(30-21(23)15-18)10-12-25(13-11-24)22(27)9-8-17-6-4-3-5-7-17/h3-7,14-15H,8-13,16H2,1-2H3. The number of benzene rings is 2. The van der Waals surface area contributed by atoms with Gasteiger partial charge >= 0.3 is 0 Å². The maximum atomic E-state index is 12.9. The fourth-order valence-corrected chi connectivity index (χ4v) is 4.35. The van der Waals surface area contributed by atoms with Crippen LogP contribution in [0, 0.1) is 0 Å². The van der Waals surface area contributed by atoms with Crippen LogP contribution in [0.4, 0.5) is 0 Å². The van der Waals surface area contributed by atoms with Crippen molar-refractivity contribution in [3.05, 3.63) is 53.6 Å². The number of likely N-dealkylation sites (tertiary alicyclic amines) is 1. The van der Waals surface area contributed by atoms with Crippen molar-refractivity contribution >= 4 is 11.7 Å². The molecule has 4 rings (SSSR count). The molecule has 2 heterocycles. The molecule has 30 heavy (non-hydrogen) atoms. The predicted octanol–water partition coefficient (Wildman–Crippen LogP) is 3.66. The van der Waals surface area contributed by atoms with E-state index in [1.165, 1.54) is 12.7 Å². The van der Waals surface area contributed by atoms with Crippen LogP contribution in [0.3, 0.4) is 0 Å². The van der Waals surface area contributed by atoms with Crippen LogP contribution < -0.4 is 14.2 Å². The zero-order chi connectivity index (χ0) is 21.1. The highest BCUT2D eigenvalue weighted by atomic mass is 16.5. The SMILES string of the molecule is COc1cc(OC)c2c(c1)OC1(CCN(C(=O)CCc3ccccc3)CC1)CC2=O. The number of ether oxygens (including phenoxy) is 3. The van der Waals surface area contributed by atoms with Crippen molar-refractivity contribution in [2.75, 3.05) is 27.3 Å². The molecule has 1 saturated heterocycles. The third-order valence-corrected chi connectivity index (χ3v) is 6.08. The van der Waals surface area contributed by atoms with Crippen molar-refractivity contribution in [2.45, 2.75) is 37.7 Å². The monoisotopic (exact) mass is 409 g/mol. The van der Waals surface area contributed by atoms with E-state index in [-0.39, 0.29) is 11.7 Å². The van der Waals surface area contributed by atoms with Crippen molar-refractivity contribution < 1.29 is 23.8 Å². The van der Waals surface area contributed by atoms with Gasteiger partial charge in [0.05, 0.1) is 20.6 Å². The van der Waals surface area contributed by atoms with Crippen LogP contribution in [0.15, 0.2) is 42.5 Å². The topological polar surface area (TPSA) is 65.1 Å². The number of Topliss-reactive ketones (excluding diaryl/α,β-unsaturated/α-hetero) is 1. The van der Waals surface area contributed by atoms with Gasteiger partial charge in [0.2, 0.25) is 5.91 Å². The maximum absolute atomic E-state index is 12.9. The molecule has 6 heteroatoms. The van der Waals surface area contributed by atoms with Gasteiger partial charge in [0.1, 0.15) is 28.4 Å². The fourth-order valence-electron chi connectivity index (χ4n) is 4.35. The van der Waals surface area contributed by atoms with Gasteiger partial charge in [-0.05, 0) is 12.0 Å². The Balaban J connectivity index is 1.42. The van der Waals surface area contributed by atoms with Crippen LogP contribution in [0.1, 0.15) is 41.6 Å². The lowest BCUT2D eigenvalue weighted by Gasteiger charge is -2.44. The largest absolute Gasteiger partial charge is 0.496 e. The molecule has 0 bridgehead atoms. The van der Waals surface area contributed by atoms with Gasteiger partial charge < -0.3 is 19.1 Å². The van der Waals surface area contributed by atoms with E-state index in [2.05, 4.69) is 0 Å². The first-order chi connectivity index (χ1) is 14.5. The number of hydrogen-bond donors (Lipinski definition) is 0. The predicted molar refractivity (Wildman–Crippen MR) is 112 cm³/mol. The van der Waals surface area contributed by atoms with E-state index in [1.807, 2.05) is 35.2 Å². The highest BCUT2D eigenvalue weighted by Crippen LogP contribution is 2.44. The quantitative estimate of drug-likeness (QED) is 0.754. The van der Waals surface area contributed by atoms with Crippen molar-refractivity contribution in [1.82, 2.24) is 4.90 Å². The van der Waals surface area contributed by atoms with Crippen molar-refractivity contribution in [3.8, 4) is 17.2 Å². The summed E-state index contributed by atoms with van der Waals surface area (Å²) in [6, 6.07) is 13.5. The number of hydrogen-bond acceptors (Lipinski definition) is 5. The maximum Gasteiger partial charge on any atom is 0.222 e. The first kappa shape index (κ1) is 20.3. The molecule has 0 saturated carbocycles. The van der Waals surface area contributed by atoms with E-state index in [0.29, 0.717) is 61.6 Å². The molecule has 2 aromatic rings. The van der Waals surface area contributed by atoms with Gasteiger partial charge in [-0.25, -0.2) is 0 Å². The van der Waals surface area contributed by atoms with Crippen LogP contribution in [0.5, 0.6) is 17.2 Å². The molecule has 1 spiro atoms. The molecule has 1 fully saturated rings. The molecule has 0 N–H and O–H groups in total. The minimum atomic E-state index is -0.572. The van der Waals surface area contributed by atoms with Gasteiger partial charge in [-0.15, -0.1) is 0 Å². The van der Waals surface area contributed by atoms with Crippen LogP contribution in [0.2, 0.25) is 0 Å². The molecule has 0 aliphatic carbocycles. The fraction of sp³-hybridized carbons (Fsp3) is 0.417. The van der Waals surface area contributed by atoms with E-state index >= 15 is 0 Å². The average Bonchev–Trinajstić information content (AvgIpc) is 2.77.